The molecule has 0 aliphatic carbocycles. The lowest BCUT2D eigenvalue weighted by Gasteiger charge is -2.11. The molecule has 4 nitrogen and oxygen atoms in total. The summed E-state index contributed by atoms with van der Waals surface area (Å²) in [4.78, 5) is 0. The highest BCUT2D eigenvalue weighted by molar-refractivity contribution is 7.17. The van der Waals surface area contributed by atoms with Crippen molar-refractivity contribution >= 4 is 99.7 Å². The number of fused-ring (bicyclic) bond motifs is 10. The van der Waals surface area contributed by atoms with Crippen molar-refractivity contribution in [3.8, 4) is 20.0 Å². The number of hydrogen-bond donors (Lipinski definition) is 0. The number of aromatic nitrogens is 4. The molecule has 0 saturated carbocycles. The Balaban J connectivity index is 1.26. The Morgan fingerprint density at radius 1 is 0.319 bits per heavy atom. The van der Waals surface area contributed by atoms with Crippen molar-refractivity contribution in [1.29, 1.82) is 0 Å². The Morgan fingerprint density at radius 2 is 0.660 bits per heavy atom. The van der Waals surface area contributed by atoms with Crippen LogP contribution in [0, 0.1) is 0 Å². The van der Waals surface area contributed by atoms with Gasteiger partial charge < -0.3 is 0 Å². The van der Waals surface area contributed by atoms with Crippen molar-refractivity contribution in [2.45, 2.75) is 0 Å². The zero-order valence-electron chi connectivity index (χ0n) is 24.9. The Kier molecular flexibility index (Phi) is 5.27. The van der Waals surface area contributed by atoms with Crippen molar-refractivity contribution < 1.29 is 0 Å². The second-order valence-electron chi connectivity index (χ2n) is 11.8. The molecular weight excluding hydrogens is 633 g/mol. The van der Waals surface area contributed by atoms with E-state index in [1.165, 1.54) is 85.7 Å². The van der Waals surface area contributed by atoms with Gasteiger partial charge in [-0.15, -0.1) is 22.7 Å². The van der Waals surface area contributed by atoms with Crippen LogP contribution in [0.5, 0.6) is 0 Å². The summed E-state index contributed by atoms with van der Waals surface area (Å²) in [7, 11) is 0. The molecule has 4 aromatic carbocycles. The van der Waals surface area contributed by atoms with E-state index in [4.69, 9.17) is 0 Å². The largest absolute Gasteiger partial charge is 0.286 e. The fourth-order valence-electron chi connectivity index (χ4n) is 7.64. The van der Waals surface area contributed by atoms with Gasteiger partial charge in [-0.2, -0.15) is 0 Å². The van der Waals surface area contributed by atoms with E-state index in [0.29, 0.717) is 0 Å². The van der Waals surface area contributed by atoms with Crippen LogP contribution in [-0.4, -0.2) is 18.3 Å². The van der Waals surface area contributed by atoms with Gasteiger partial charge in [0.1, 0.15) is 31.3 Å². The second-order valence-corrected chi connectivity index (χ2v) is 14.7. The van der Waals surface area contributed by atoms with Crippen LogP contribution in [0.15, 0.2) is 144 Å². The van der Waals surface area contributed by atoms with Gasteiger partial charge in [0, 0.05) is 32.3 Å². The molecule has 222 valence electrons. The Morgan fingerprint density at radius 3 is 1.00 bits per heavy atom. The summed E-state index contributed by atoms with van der Waals surface area (Å²) in [5.41, 5.74) is 7.32. The smallest absolute Gasteiger partial charge is 0.132 e. The maximum Gasteiger partial charge on any atom is 0.132 e. The Bertz CT molecular complexity index is 2760. The fraction of sp³-hybridized carbons (Fsp3) is 0. The van der Waals surface area contributed by atoms with Gasteiger partial charge >= 0.3 is 0 Å². The Hall–Kier alpha value is -5.34. The predicted octanol–water partition coefficient (Wildman–Crippen LogP) is 12.0. The molecule has 7 heteroatoms. The third-order valence-electron chi connectivity index (χ3n) is 9.42. The molecule has 47 heavy (non-hydrogen) atoms. The molecule has 7 aromatic heterocycles. The monoisotopic (exact) mass is 656 g/mol. The van der Waals surface area contributed by atoms with Crippen molar-refractivity contribution in [2.24, 2.45) is 0 Å². The maximum atomic E-state index is 2.48. The highest BCUT2D eigenvalue weighted by atomic mass is 32.1. The van der Waals surface area contributed by atoms with Gasteiger partial charge in [-0.1, -0.05) is 84.1 Å². The normalized spacial score (nSPS) is 12.3. The topological polar surface area (TPSA) is 19.7 Å². The van der Waals surface area contributed by atoms with E-state index in [-0.39, 0.29) is 0 Å². The van der Waals surface area contributed by atoms with E-state index in [0.717, 1.165) is 0 Å². The third kappa shape index (κ3) is 3.40. The molecule has 11 rings (SSSR count). The SMILES string of the molecule is c1csc(-n2c3ccccc3c3c4ccccc4n(-c4ccc(-n5c6ccccc6c6c7ccccc7n(-c7cccs7)c65)s4)c32)c1. The molecule has 7 heterocycles. The predicted molar refractivity (Wildman–Crippen MR) is 202 cm³/mol. The molecular formula is C40H24N4S3. The first kappa shape index (κ1) is 25.8. The summed E-state index contributed by atoms with van der Waals surface area (Å²) in [6.07, 6.45) is 0. The minimum atomic E-state index is 1.19. The molecule has 0 unspecified atom stereocenters. The summed E-state index contributed by atoms with van der Waals surface area (Å²) in [5, 5.41) is 16.9. The zero-order valence-corrected chi connectivity index (χ0v) is 27.3. The standard InChI is InChI=1S/C40H24N4S3/c1-5-15-29-25(11-1)37-27-13-3-7-17-31(27)43(39(37)41(29)33-19-9-23-45-33)35-21-22-36(47-35)44-32-18-8-4-14-28(32)38-26-12-2-6-16-30(26)42(40(38)44)34-20-10-24-46-34/h1-24H. The maximum absolute atomic E-state index is 2.48. The molecule has 0 aliphatic rings. The van der Waals surface area contributed by atoms with Gasteiger partial charge in [0.25, 0.3) is 0 Å². The summed E-state index contributed by atoms with van der Waals surface area (Å²) in [5.74, 6) is 0. The van der Waals surface area contributed by atoms with Crippen LogP contribution < -0.4 is 0 Å². The molecule has 0 saturated heterocycles. The van der Waals surface area contributed by atoms with Crippen molar-refractivity contribution in [3.63, 3.8) is 0 Å². The minimum absolute atomic E-state index is 1.19. The first-order chi connectivity index (χ1) is 23.4. The van der Waals surface area contributed by atoms with Crippen molar-refractivity contribution in [3.05, 3.63) is 144 Å². The van der Waals surface area contributed by atoms with Crippen LogP contribution in [0.4, 0.5) is 0 Å². The van der Waals surface area contributed by atoms with Gasteiger partial charge in [-0.3, -0.25) is 18.3 Å². The quantitative estimate of drug-likeness (QED) is 0.180. The lowest BCUT2D eigenvalue weighted by Crippen LogP contribution is -1.99. The van der Waals surface area contributed by atoms with Gasteiger partial charge in [-0.25, -0.2) is 0 Å². The summed E-state index contributed by atoms with van der Waals surface area (Å²) < 4.78 is 9.87. The first-order valence-corrected chi connectivity index (χ1v) is 18.2. The molecule has 0 radical (unpaired) electrons. The lowest BCUT2D eigenvalue weighted by molar-refractivity contribution is 1.10. The number of benzene rings is 4. The molecule has 0 amide bonds. The Labute approximate surface area is 280 Å². The van der Waals surface area contributed by atoms with Crippen molar-refractivity contribution in [1.82, 2.24) is 18.3 Å². The number of para-hydroxylation sites is 4. The fourth-order valence-corrected chi connectivity index (χ4v) is 10.2. The molecule has 11 aromatic rings. The molecule has 0 fully saturated rings. The summed E-state index contributed by atoms with van der Waals surface area (Å²) in [6.45, 7) is 0. The van der Waals surface area contributed by atoms with E-state index in [2.05, 4.69) is 162 Å². The average molecular weight is 657 g/mol. The minimum Gasteiger partial charge on any atom is -0.286 e. The van der Waals surface area contributed by atoms with Crippen LogP contribution in [-0.2, 0) is 0 Å². The number of rotatable bonds is 4. The molecule has 0 N–H and O–H groups in total. The van der Waals surface area contributed by atoms with Gasteiger partial charge in [0.15, 0.2) is 0 Å². The van der Waals surface area contributed by atoms with Crippen LogP contribution in [0.25, 0.3) is 85.7 Å². The zero-order chi connectivity index (χ0) is 30.6. The summed E-state index contributed by atoms with van der Waals surface area (Å²) in [6, 6.07) is 48.7. The van der Waals surface area contributed by atoms with E-state index in [1.807, 2.05) is 11.3 Å². The van der Waals surface area contributed by atoms with E-state index in [9.17, 15) is 0 Å². The van der Waals surface area contributed by atoms with Gasteiger partial charge in [0.2, 0.25) is 0 Å². The lowest BCUT2D eigenvalue weighted by atomic mass is 10.1. The van der Waals surface area contributed by atoms with Crippen LogP contribution in [0.3, 0.4) is 0 Å². The van der Waals surface area contributed by atoms with Gasteiger partial charge in [0.05, 0.1) is 22.1 Å². The molecule has 0 aliphatic heterocycles. The van der Waals surface area contributed by atoms with Crippen LogP contribution >= 0.6 is 34.0 Å². The van der Waals surface area contributed by atoms with Gasteiger partial charge in [-0.05, 0) is 71.4 Å². The molecule has 0 atom stereocenters. The number of hydrogen-bond acceptors (Lipinski definition) is 3. The molecule has 0 spiro atoms. The van der Waals surface area contributed by atoms with Crippen molar-refractivity contribution in [2.75, 3.05) is 0 Å². The number of nitrogens with zero attached hydrogens (tertiary/aromatic N) is 4. The van der Waals surface area contributed by atoms with Crippen LogP contribution in [0.1, 0.15) is 0 Å². The van der Waals surface area contributed by atoms with E-state index < -0.39 is 0 Å². The number of thiophene rings is 3. The van der Waals surface area contributed by atoms with E-state index in [1.54, 1.807) is 22.7 Å². The first-order valence-electron chi connectivity index (χ1n) is 15.6. The highest BCUT2D eigenvalue weighted by Gasteiger charge is 2.25. The molecule has 0 bridgehead atoms. The summed E-state index contributed by atoms with van der Waals surface area (Å²) >= 11 is 5.40. The average Bonchev–Trinajstić information content (AvgIpc) is 3.95. The third-order valence-corrected chi connectivity index (χ3v) is 12.2. The highest BCUT2D eigenvalue weighted by Crippen LogP contribution is 2.45. The van der Waals surface area contributed by atoms with Crippen LogP contribution in [0.2, 0.25) is 0 Å². The van der Waals surface area contributed by atoms with E-state index >= 15 is 0 Å². The second kappa shape index (κ2) is 9.59.